The molecule has 4 nitrogen and oxygen atoms in total. The van der Waals surface area contributed by atoms with Gasteiger partial charge in [0.1, 0.15) is 0 Å². The Labute approximate surface area is 127 Å². The summed E-state index contributed by atoms with van der Waals surface area (Å²) in [4.78, 5) is 16.7. The molecule has 0 bridgehead atoms. The van der Waals surface area contributed by atoms with Crippen molar-refractivity contribution in [1.29, 1.82) is 0 Å². The maximum atomic E-state index is 12.3. The lowest BCUT2D eigenvalue weighted by Crippen LogP contribution is -2.28. The van der Waals surface area contributed by atoms with E-state index >= 15 is 0 Å². The fourth-order valence-corrected chi connectivity index (χ4v) is 2.37. The van der Waals surface area contributed by atoms with Gasteiger partial charge in [-0.1, -0.05) is 29.8 Å². The van der Waals surface area contributed by atoms with Crippen molar-refractivity contribution in [2.75, 3.05) is 13.1 Å². The summed E-state index contributed by atoms with van der Waals surface area (Å²) in [5.74, 6) is 0.699. The summed E-state index contributed by atoms with van der Waals surface area (Å²) in [6, 6.07) is 5.58. The van der Waals surface area contributed by atoms with E-state index in [0.29, 0.717) is 17.8 Å². The third kappa shape index (κ3) is 3.90. The van der Waals surface area contributed by atoms with Gasteiger partial charge in [-0.3, -0.25) is 9.36 Å². The molecule has 1 aromatic heterocycles. The summed E-state index contributed by atoms with van der Waals surface area (Å²) in [5.41, 5.74) is 0.754. The van der Waals surface area contributed by atoms with Gasteiger partial charge < -0.3 is 5.32 Å². The SMILES string of the molecule is CC(C)CCNCCn1cnc2ccc(Br)cc2c1=O. The standard InChI is InChI=1S/C15H20BrN3O/c1-11(2)5-6-17-7-8-19-10-18-14-4-3-12(16)9-13(14)15(19)20/h3-4,9-11,17H,5-8H2,1-2H3. The molecule has 0 fully saturated rings. The van der Waals surface area contributed by atoms with Gasteiger partial charge in [0.05, 0.1) is 17.2 Å². The second-order valence-electron chi connectivity index (χ2n) is 5.34. The lowest BCUT2D eigenvalue weighted by molar-refractivity contribution is 0.515. The summed E-state index contributed by atoms with van der Waals surface area (Å²) >= 11 is 3.39. The Morgan fingerprint density at radius 2 is 2.15 bits per heavy atom. The molecule has 0 radical (unpaired) electrons. The van der Waals surface area contributed by atoms with Crippen LogP contribution in [0, 0.1) is 5.92 Å². The molecule has 5 heteroatoms. The number of nitrogens with zero attached hydrogens (tertiary/aromatic N) is 2. The first kappa shape index (κ1) is 15.2. The topological polar surface area (TPSA) is 46.9 Å². The Kier molecular flexibility index (Phi) is 5.31. The first-order valence-corrected chi connectivity index (χ1v) is 7.72. The van der Waals surface area contributed by atoms with Crippen LogP contribution < -0.4 is 10.9 Å². The molecular formula is C15H20BrN3O. The van der Waals surface area contributed by atoms with Crippen LogP contribution in [0.1, 0.15) is 20.3 Å². The number of fused-ring (bicyclic) bond motifs is 1. The monoisotopic (exact) mass is 337 g/mol. The minimum atomic E-state index is 0.0157. The summed E-state index contributed by atoms with van der Waals surface area (Å²) < 4.78 is 2.56. The van der Waals surface area contributed by atoms with Crippen molar-refractivity contribution in [1.82, 2.24) is 14.9 Å². The summed E-state index contributed by atoms with van der Waals surface area (Å²) in [6.07, 6.45) is 2.78. The predicted octanol–water partition coefficient (Wildman–Crippen LogP) is 2.79. The van der Waals surface area contributed by atoms with Crippen LogP contribution >= 0.6 is 15.9 Å². The highest BCUT2D eigenvalue weighted by Crippen LogP contribution is 2.14. The Hall–Kier alpha value is -1.20. The highest BCUT2D eigenvalue weighted by molar-refractivity contribution is 9.10. The van der Waals surface area contributed by atoms with Gasteiger partial charge in [0, 0.05) is 17.6 Å². The highest BCUT2D eigenvalue weighted by atomic mass is 79.9. The van der Waals surface area contributed by atoms with Crippen molar-refractivity contribution in [3.63, 3.8) is 0 Å². The molecular weight excluding hydrogens is 318 g/mol. The maximum Gasteiger partial charge on any atom is 0.261 e. The van der Waals surface area contributed by atoms with E-state index < -0.39 is 0 Å². The van der Waals surface area contributed by atoms with Crippen LogP contribution in [0.3, 0.4) is 0 Å². The molecule has 0 spiro atoms. The molecule has 0 aliphatic carbocycles. The molecule has 20 heavy (non-hydrogen) atoms. The number of aromatic nitrogens is 2. The highest BCUT2D eigenvalue weighted by Gasteiger charge is 2.04. The van der Waals surface area contributed by atoms with Gasteiger partial charge in [0.25, 0.3) is 5.56 Å². The average molecular weight is 338 g/mol. The second-order valence-corrected chi connectivity index (χ2v) is 6.25. The maximum absolute atomic E-state index is 12.3. The fourth-order valence-electron chi connectivity index (χ4n) is 2.01. The zero-order valence-corrected chi connectivity index (χ0v) is 13.5. The van der Waals surface area contributed by atoms with Crippen LogP contribution in [-0.4, -0.2) is 22.6 Å². The quantitative estimate of drug-likeness (QED) is 0.824. The van der Waals surface area contributed by atoms with Crippen molar-refractivity contribution < 1.29 is 0 Å². The van der Waals surface area contributed by atoms with Gasteiger partial charge >= 0.3 is 0 Å². The van der Waals surface area contributed by atoms with E-state index in [1.807, 2.05) is 18.2 Å². The molecule has 2 rings (SSSR count). The summed E-state index contributed by atoms with van der Waals surface area (Å²) in [5, 5.41) is 4.01. The van der Waals surface area contributed by atoms with Crippen molar-refractivity contribution in [2.45, 2.75) is 26.8 Å². The van der Waals surface area contributed by atoms with Crippen LogP contribution in [0.5, 0.6) is 0 Å². The van der Waals surface area contributed by atoms with Gasteiger partial charge in [-0.15, -0.1) is 0 Å². The summed E-state index contributed by atoms with van der Waals surface area (Å²) in [6.45, 7) is 6.83. The van der Waals surface area contributed by atoms with Crippen molar-refractivity contribution in [2.24, 2.45) is 5.92 Å². The van der Waals surface area contributed by atoms with Gasteiger partial charge in [0.15, 0.2) is 0 Å². The normalized spacial score (nSPS) is 11.4. The second kappa shape index (κ2) is 6.99. The molecule has 1 aromatic carbocycles. The lowest BCUT2D eigenvalue weighted by Gasteiger charge is -2.09. The van der Waals surface area contributed by atoms with E-state index in [4.69, 9.17) is 0 Å². The lowest BCUT2D eigenvalue weighted by atomic mass is 10.1. The van der Waals surface area contributed by atoms with Gasteiger partial charge in [-0.25, -0.2) is 4.98 Å². The van der Waals surface area contributed by atoms with Crippen LogP contribution in [0.4, 0.5) is 0 Å². The Bertz CT molecular complexity index is 637. The van der Waals surface area contributed by atoms with E-state index in [9.17, 15) is 4.79 Å². The van der Waals surface area contributed by atoms with E-state index in [0.717, 1.165) is 29.5 Å². The van der Waals surface area contributed by atoms with Gasteiger partial charge in [-0.2, -0.15) is 0 Å². The molecule has 0 saturated heterocycles. The predicted molar refractivity (Wildman–Crippen MR) is 86.0 cm³/mol. The van der Waals surface area contributed by atoms with Crippen molar-refractivity contribution in [3.05, 3.63) is 39.4 Å². The van der Waals surface area contributed by atoms with Crippen LogP contribution in [0.25, 0.3) is 10.9 Å². The number of rotatable bonds is 6. The molecule has 0 aliphatic heterocycles. The number of halogens is 1. The van der Waals surface area contributed by atoms with Crippen molar-refractivity contribution >= 4 is 26.8 Å². The van der Waals surface area contributed by atoms with E-state index in [2.05, 4.69) is 40.1 Å². The van der Waals surface area contributed by atoms with Crippen LogP contribution in [-0.2, 0) is 6.54 Å². The number of nitrogens with one attached hydrogen (secondary N) is 1. The first-order chi connectivity index (χ1) is 9.58. The van der Waals surface area contributed by atoms with Crippen molar-refractivity contribution in [3.8, 4) is 0 Å². The minimum absolute atomic E-state index is 0.0157. The Balaban J connectivity index is 2.04. The smallest absolute Gasteiger partial charge is 0.261 e. The summed E-state index contributed by atoms with van der Waals surface area (Å²) in [7, 11) is 0. The molecule has 0 saturated carbocycles. The number of benzene rings is 1. The Morgan fingerprint density at radius 3 is 2.90 bits per heavy atom. The fraction of sp³-hybridized carbons (Fsp3) is 0.467. The van der Waals surface area contributed by atoms with Crippen LogP contribution in [0.15, 0.2) is 33.8 Å². The van der Waals surface area contributed by atoms with Crippen LogP contribution in [0.2, 0.25) is 0 Å². The molecule has 0 aliphatic rings. The molecule has 0 unspecified atom stereocenters. The first-order valence-electron chi connectivity index (χ1n) is 6.93. The van der Waals surface area contributed by atoms with E-state index in [1.54, 1.807) is 10.9 Å². The molecule has 2 aromatic rings. The average Bonchev–Trinajstić information content (AvgIpc) is 2.41. The zero-order chi connectivity index (χ0) is 14.5. The molecule has 1 N–H and O–H groups in total. The zero-order valence-electron chi connectivity index (χ0n) is 11.9. The number of hydrogen-bond donors (Lipinski definition) is 1. The minimum Gasteiger partial charge on any atom is -0.315 e. The molecule has 108 valence electrons. The third-order valence-electron chi connectivity index (χ3n) is 3.21. The largest absolute Gasteiger partial charge is 0.315 e. The number of hydrogen-bond acceptors (Lipinski definition) is 3. The molecule has 0 atom stereocenters. The van der Waals surface area contributed by atoms with E-state index in [1.165, 1.54) is 0 Å². The molecule has 0 amide bonds. The van der Waals surface area contributed by atoms with Gasteiger partial charge in [-0.05, 0) is 37.1 Å². The van der Waals surface area contributed by atoms with Gasteiger partial charge in [0.2, 0.25) is 0 Å². The third-order valence-corrected chi connectivity index (χ3v) is 3.71. The molecule has 1 heterocycles. The van der Waals surface area contributed by atoms with E-state index in [-0.39, 0.29) is 5.56 Å². The Morgan fingerprint density at radius 1 is 1.35 bits per heavy atom.